The van der Waals surface area contributed by atoms with E-state index in [9.17, 15) is 23.3 Å². The molecule has 0 aliphatic carbocycles. The van der Waals surface area contributed by atoms with Gasteiger partial charge in [0.1, 0.15) is 0 Å². The number of sulfonamides is 1. The maximum Gasteiger partial charge on any atom is 0.312 e. The van der Waals surface area contributed by atoms with Crippen LogP contribution < -0.4 is 9.46 Å². The summed E-state index contributed by atoms with van der Waals surface area (Å²) in [7, 11) is -2.77. The van der Waals surface area contributed by atoms with Gasteiger partial charge in [-0.05, 0) is 43.3 Å². The van der Waals surface area contributed by atoms with Crippen LogP contribution in [0.25, 0.3) is 0 Å². The van der Waals surface area contributed by atoms with Crippen molar-refractivity contribution >= 4 is 27.2 Å². The first kappa shape index (κ1) is 17.4. The van der Waals surface area contributed by atoms with Gasteiger partial charge in [-0.25, -0.2) is 8.42 Å². The molecule has 126 valence electrons. The van der Waals surface area contributed by atoms with Crippen molar-refractivity contribution in [1.29, 1.82) is 0 Å². The Labute approximate surface area is 138 Å². The number of ketones is 1. The van der Waals surface area contributed by atoms with Crippen LogP contribution >= 0.6 is 0 Å². The molecule has 0 bridgehead atoms. The van der Waals surface area contributed by atoms with Crippen LogP contribution in [0.5, 0.6) is 5.75 Å². The minimum absolute atomic E-state index is 0.0373. The zero-order chi connectivity index (χ0) is 17.9. The SMILES string of the molecule is COc1ccc(S(=O)(=O)Nc2ccc(C(C)=O)cc2)cc1[N+](=O)[O-]. The summed E-state index contributed by atoms with van der Waals surface area (Å²) in [5.41, 5.74) is 0.226. The third-order valence-electron chi connectivity index (χ3n) is 3.20. The molecule has 0 aliphatic rings. The van der Waals surface area contributed by atoms with Gasteiger partial charge in [0, 0.05) is 17.3 Å². The first-order valence-electron chi connectivity index (χ1n) is 6.71. The summed E-state index contributed by atoms with van der Waals surface area (Å²) in [5.74, 6) is -0.181. The van der Waals surface area contributed by atoms with Crippen LogP contribution in [-0.4, -0.2) is 26.2 Å². The maximum absolute atomic E-state index is 12.4. The molecule has 8 nitrogen and oxygen atoms in total. The molecule has 24 heavy (non-hydrogen) atoms. The van der Waals surface area contributed by atoms with Crippen molar-refractivity contribution in [2.45, 2.75) is 11.8 Å². The van der Waals surface area contributed by atoms with Gasteiger partial charge < -0.3 is 4.74 Å². The van der Waals surface area contributed by atoms with Gasteiger partial charge >= 0.3 is 5.69 Å². The monoisotopic (exact) mass is 350 g/mol. The Balaban J connectivity index is 2.35. The minimum atomic E-state index is -4.02. The Morgan fingerprint density at radius 3 is 2.29 bits per heavy atom. The van der Waals surface area contributed by atoms with Gasteiger partial charge in [0.15, 0.2) is 11.5 Å². The van der Waals surface area contributed by atoms with Crippen molar-refractivity contribution in [3.05, 3.63) is 58.1 Å². The number of hydrogen-bond acceptors (Lipinski definition) is 6. The molecule has 0 amide bonds. The molecule has 0 fully saturated rings. The number of nitrogens with one attached hydrogen (secondary N) is 1. The molecule has 1 N–H and O–H groups in total. The van der Waals surface area contributed by atoms with E-state index in [0.717, 1.165) is 6.07 Å². The number of anilines is 1. The van der Waals surface area contributed by atoms with E-state index in [4.69, 9.17) is 4.74 Å². The van der Waals surface area contributed by atoms with Crippen molar-refractivity contribution < 1.29 is 22.9 Å². The lowest BCUT2D eigenvalue weighted by molar-refractivity contribution is -0.386. The molecule has 2 aromatic rings. The Hall–Kier alpha value is -2.94. The number of benzene rings is 2. The number of Topliss-reactive ketones (excluding diaryl/α,β-unsaturated/α-hetero) is 1. The molecule has 9 heteroatoms. The fourth-order valence-corrected chi connectivity index (χ4v) is 3.04. The lowest BCUT2D eigenvalue weighted by atomic mass is 10.1. The normalized spacial score (nSPS) is 10.9. The summed E-state index contributed by atoms with van der Waals surface area (Å²) >= 11 is 0. The first-order chi connectivity index (χ1) is 11.2. The van der Waals surface area contributed by atoms with E-state index in [1.165, 1.54) is 50.4 Å². The minimum Gasteiger partial charge on any atom is -0.490 e. The summed E-state index contributed by atoms with van der Waals surface area (Å²) in [6.45, 7) is 1.40. The van der Waals surface area contributed by atoms with E-state index >= 15 is 0 Å². The van der Waals surface area contributed by atoms with Gasteiger partial charge in [0.2, 0.25) is 0 Å². The molecular formula is C15H14N2O6S. The number of nitro benzene ring substituents is 1. The quantitative estimate of drug-likeness (QED) is 0.486. The smallest absolute Gasteiger partial charge is 0.312 e. The molecule has 0 radical (unpaired) electrons. The summed E-state index contributed by atoms with van der Waals surface area (Å²) in [5, 5.41) is 11.0. The van der Waals surface area contributed by atoms with Crippen molar-refractivity contribution in [3.63, 3.8) is 0 Å². The Bertz CT molecular complexity index is 891. The number of carbonyl (C=O) groups is 1. The van der Waals surface area contributed by atoms with Gasteiger partial charge in [-0.1, -0.05) is 0 Å². The summed E-state index contributed by atoms with van der Waals surface area (Å²) in [6.07, 6.45) is 0. The van der Waals surface area contributed by atoms with Gasteiger partial charge in [0.25, 0.3) is 10.0 Å². The third-order valence-corrected chi connectivity index (χ3v) is 4.58. The summed E-state index contributed by atoms with van der Waals surface area (Å²) in [6, 6.07) is 9.18. The number of hydrogen-bond donors (Lipinski definition) is 1. The van der Waals surface area contributed by atoms with Crippen LogP contribution in [0.1, 0.15) is 17.3 Å². The average molecular weight is 350 g/mol. The zero-order valence-electron chi connectivity index (χ0n) is 12.8. The van der Waals surface area contributed by atoms with Gasteiger partial charge in [-0.2, -0.15) is 0 Å². The van der Waals surface area contributed by atoms with Crippen LogP contribution in [0, 0.1) is 10.1 Å². The van der Waals surface area contributed by atoms with E-state index in [1.807, 2.05) is 0 Å². The summed E-state index contributed by atoms with van der Waals surface area (Å²) in [4.78, 5) is 21.2. The van der Waals surface area contributed by atoms with E-state index < -0.39 is 20.6 Å². The standard InChI is InChI=1S/C15H14N2O6S/c1-10(18)11-3-5-12(6-4-11)16-24(21,22)13-7-8-15(23-2)14(9-13)17(19)20/h3-9,16H,1-2H3. The molecule has 0 atom stereocenters. The lowest BCUT2D eigenvalue weighted by Crippen LogP contribution is -2.13. The predicted octanol–water partition coefficient (Wildman–Crippen LogP) is 2.61. The Kier molecular flexibility index (Phi) is 4.84. The van der Waals surface area contributed by atoms with Crippen molar-refractivity contribution in [2.75, 3.05) is 11.8 Å². The van der Waals surface area contributed by atoms with E-state index in [-0.39, 0.29) is 22.1 Å². The molecule has 2 aromatic carbocycles. The fraction of sp³-hybridized carbons (Fsp3) is 0.133. The second-order valence-corrected chi connectivity index (χ2v) is 6.51. The number of nitro groups is 1. The van der Waals surface area contributed by atoms with Crippen LogP contribution in [0.4, 0.5) is 11.4 Å². The molecule has 0 aliphatic heterocycles. The molecule has 0 saturated carbocycles. The lowest BCUT2D eigenvalue weighted by Gasteiger charge is -2.09. The topological polar surface area (TPSA) is 116 Å². The molecule has 2 rings (SSSR count). The maximum atomic E-state index is 12.4. The molecule has 0 aromatic heterocycles. The summed E-state index contributed by atoms with van der Waals surface area (Å²) < 4.78 is 31.8. The van der Waals surface area contributed by atoms with E-state index in [1.54, 1.807) is 0 Å². The van der Waals surface area contributed by atoms with Crippen LogP contribution in [0.2, 0.25) is 0 Å². The first-order valence-corrected chi connectivity index (χ1v) is 8.19. The largest absolute Gasteiger partial charge is 0.490 e. The molecule has 0 unspecified atom stereocenters. The van der Waals surface area contributed by atoms with E-state index in [0.29, 0.717) is 5.56 Å². The van der Waals surface area contributed by atoms with Gasteiger partial charge in [-0.15, -0.1) is 0 Å². The second kappa shape index (κ2) is 6.67. The number of nitrogens with zero attached hydrogens (tertiary/aromatic N) is 1. The fourth-order valence-electron chi connectivity index (χ4n) is 1.97. The number of methoxy groups -OCH3 is 1. The number of carbonyl (C=O) groups excluding carboxylic acids is 1. The highest BCUT2D eigenvalue weighted by Crippen LogP contribution is 2.30. The molecular weight excluding hydrogens is 336 g/mol. The Morgan fingerprint density at radius 1 is 1.17 bits per heavy atom. The van der Waals surface area contributed by atoms with Crippen molar-refractivity contribution in [2.24, 2.45) is 0 Å². The number of rotatable bonds is 6. The van der Waals surface area contributed by atoms with Crippen LogP contribution in [0.3, 0.4) is 0 Å². The molecule has 0 spiro atoms. The van der Waals surface area contributed by atoms with Crippen LogP contribution in [0.15, 0.2) is 47.4 Å². The molecule has 0 saturated heterocycles. The number of ether oxygens (including phenoxy) is 1. The average Bonchev–Trinajstić information content (AvgIpc) is 2.54. The highest BCUT2D eigenvalue weighted by molar-refractivity contribution is 7.92. The molecule has 0 heterocycles. The van der Waals surface area contributed by atoms with Crippen LogP contribution in [-0.2, 0) is 10.0 Å². The zero-order valence-corrected chi connectivity index (χ0v) is 13.7. The second-order valence-electron chi connectivity index (χ2n) is 4.83. The highest BCUT2D eigenvalue weighted by atomic mass is 32.2. The Morgan fingerprint density at radius 2 is 1.79 bits per heavy atom. The van der Waals surface area contributed by atoms with Gasteiger partial charge in [0.05, 0.1) is 16.9 Å². The third kappa shape index (κ3) is 3.69. The van der Waals surface area contributed by atoms with Gasteiger partial charge in [-0.3, -0.25) is 19.6 Å². The highest BCUT2D eigenvalue weighted by Gasteiger charge is 2.22. The van der Waals surface area contributed by atoms with E-state index in [2.05, 4.69) is 4.72 Å². The van der Waals surface area contributed by atoms with Crippen molar-refractivity contribution in [1.82, 2.24) is 0 Å². The predicted molar refractivity (Wildman–Crippen MR) is 86.9 cm³/mol. The van der Waals surface area contributed by atoms with Crippen molar-refractivity contribution in [3.8, 4) is 5.75 Å².